The van der Waals surface area contributed by atoms with Crippen LogP contribution in [0.2, 0.25) is 0 Å². The van der Waals surface area contributed by atoms with Crippen molar-refractivity contribution in [2.45, 2.75) is 19.8 Å². The number of aromatic amines is 1. The van der Waals surface area contributed by atoms with E-state index in [1.807, 2.05) is 0 Å². The molecule has 0 saturated heterocycles. The molecule has 0 fully saturated rings. The van der Waals surface area contributed by atoms with E-state index in [0.29, 0.717) is 14.9 Å². The van der Waals surface area contributed by atoms with Crippen LogP contribution in [0.1, 0.15) is 19.2 Å². The van der Waals surface area contributed by atoms with Gasteiger partial charge in [0.1, 0.15) is 11.6 Å². The van der Waals surface area contributed by atoms with Gasteiger partial charge in [-0.3, -0.25) is 9.67 Å². The SMILES string of the molecule is CCCc1n[nH]c(=S)n1-c1ccc(Br)c(F)c1. The van der Waals surface area contributed by atoms with E-state index in [9.17, 15) is 4.39 Å². The molecule has 6 heteroatoms. The van der Waals surface area contributed by atoms with Gasteiger partial charge in [-0.2, -0.15) is 5.10 Å². The van der Waals surface area contributed by atoms with Gasteiger partial charge < -0.3 is 0 Å². The molecular formula is C11H11BrFN3S. The number of nitrogens with one attached hydrogen (secondary N) is 1. The number of aromatic nitrogens is 3. The molecule has 0 spiro atoms. The quantitative estimate of drug-likeness (QED) is 0.874. The first kappa shape index (κ1) is 12.4. The van der Waals surface area contributed by atoms with Crippen LogP contribution in [0.4, 0.5) is 4.39 Å². The summed E-state index contributed by atoms with van der Waals surface area (Å²) in [6.07, 6.45) is 1.75. The molecule has 17 heavy (non-hydrogen) atoms. The van der Waals surface area contributed by atoms with Gasteiger partial charge in [0.05, 0.1) is 10.2 Å². The largest absolute Gasteiger partial charge is 0.272 e. The van der Waals surface area contributed by atoms with Crippen molar-refractivity contribution in [3.05, 3.63) is 39.1 Å². The number of rotatable bonds is 3. The lowest BCUT2D eigenvalue weighted by atomic mass is 10.3. The van der Waals surface area contributed by atoms with Crippen molar-refractivity contribution in [3.8, 4) is 5.69 Å². The number of aryl methyl sites for hydroxylation is 1. The number of H-pyrrole nitrogens is 1. The molecule has 1 heterocycles. The number of benzene rings is 1. The second kappa shape index (κ2) is 5.10. The Hall–Kier alpha value is -1.01. The summed E-state index contributed by atoms with van der Waals surface area (Å²) >= 11 is 8.28. The average Bonchev–Trinajstić information content (AvgIpc) is 2.65. The van der Waals surface area contributed by atoms with Crippen LogP contribution in [0.25, 0.3) is 5.69 Å². The summed E-state index contributed by atoms with van der Waals surface area (Å²) in [4.78, 5) is 0. The van der Waals surface area contributed by atoms with E-state index in [0.717, 1.165) is 18.7 Å². The summed E-state index contributed by atoms with van der Waals surface area (Å²) in [5.74, 6) is 0.507. The summed E-state index contributed by atoms with van der Waals surface area (Å²) in [5, 5.41) is 6.88. The van der Waals surface area contributed by atoms with Crippen molar-refractivity contribution in [3.63, 3.8) is 0 Å². The second-order valence-electron chi connectivity index (χ2n) is 3.63. The fourth-order valence-corrected chi connectivity index (χ4v) is 2.11. The van der Waals surface area contributed by atoms with Gasteiger partial charge in [-0.1, -0.05) is 6.92 Å². The molecule has 0 aliphatic rings. The summed E-state index contributed by atoms with van der Waals surface area (Å²) < 4.78 is 16.2. The maximum absolute atomic E-state index is 13.5. The minimum Gasteiger partial charge on any atom is -0.272 e. The minimum absolute atomic E-state index is 0.312. The van der Waals surface area contributed by atoms with Crippen molar-refractivity contribution >= 4 is 28.1 Å². The molecule has 0 bridgehead atoms. The van der Waals surface area contributed by atoms with Crippen LogP contribution in [0, 0.1) is 10.6 Å². The highest BCUT2D eigenvalue weighted by molar-refractivity contribution is 9.10. The van der Waals surface area contributed by atoms with Crippen LogP contribution in [0.5, 0.6) is 0 Å². The van der Waals surface area contributed by atoms with E-state index in [-0.39, 0.29) is 5.82 Å². The maximum Gasteiger partial charge on any atom is 0.199 e. The number of hydrogen-bond acceptors (Lipinski definition) is 2. The Labute approximate surface area is 112 Å². The van der Waals surface area contributed by atoms with Gasteiger partial charge in [0.15, 0.2) is 4.77 Å². The first-order valence-electron chi connectivity index (χ1n) is 5.25. The van der Waals surface area contributed by atoms with Crippen molar-refractivity contribution in [1.29, 1.82) is 0 Å². The molecule has 0 amide bonds. The summed E-state index contributed by atoms with van der Waals surface area (Å²) in [5.41, 5.74) is 0.688. The van der Waals surface area contributed by atoms with Gasteiger partial charge in [0.2, 0.25) is 0 Å². The zero-order valence-electron chi connectivity index (χ0n) is 9.20. The fraction of sp³-hybridized carbons (Fsp3) is 0.273. The maximum atomic E-state index is 13.5. The molecule has 1 N–H and O–H groups in total. The van der Waals surface area contributed by atoms with Crippen LogP contribution in [-0.2, 0) is 6.42 Å². The molecule has 0 radical (unpaired) electrons. The zero-order chi connectivity index (χ0) is 12.4. The Morgan fingerprint density at radius 1 is 1.53 bits per heavy atom. The Balaban J connectivity index is 2.55. The molecule has 90 valence electrons. The van der Waals surface area contributed by atoms with Crippen molar-refractivity contribution in [2.75, 3.05) is 0 Å². The number of hydrogen-bond donors (Lipinski definition) is 1. The molecule has 0 aliphatic carbocycles. The van der Waals surface area contributed by atoms with E-state index < -0.39 is 0 Å². The van der Waals surface area contributed by atoms with Crippen molar-refractivity contribution in [2.24, 2.45) is 0 Å². The molecule has 0 aliphatic heterocycles. The average molecular weight is 316 g/mol. The topological polar surface area (TPSA) is 33.6 Å². The third-order valence-electron chi connectivity index (χ3n) is 2.38. The van der Waals surface area contributed by atoms with Crippen molar-refractivity contribution < 1.29 is 4.39 Å². The van der Waals surface area contributed by atoms with Gasteiger partial charge in [-0.25, -0.2) is 4.39 Å². The van der Waals surface area contributed by atoms with Crippen LogP contribution in [0.15, 0.2) is 22.7 Å². The predicted molar refractivity (Wildman–Crippen MR) is 70.4 cm³/mol. The van der Waals surface area contributed by atoms with Crippen LogP contribution in [0.3, 0.4) is 0 Å². The molecule has 0 atom stereocenters. The van der Waals surface area contributed by atoms with E-state index in [1.165, 1.54) is 6.07 Å². The highest BCUT2D eigenvalue weighted by atomic mass is 79.9. The van der Waals surface area contributed by atoms with Crippen LogP contribution >= 0.6 is 28.1 Å². The Morgan fingerprint density at radius 3 is 2.94 bits per heavy atom. The zero-order valence-corrected chi connectivity index (χ0v) is 11.6. The molecular weight excluding hydrogens is 305 g/mol. The Bertz CT molecular complexity index is 591. The monoisotopic (exact) mass is 315 g/mol. The molecule has 2 aromatic rings. The molecule has 1 aromatic carbocycles. The van der Waals surface area contributed by atoms with Gasteiger partial charge in [0.25, 0.3) is 0 Å². The third kappa shape index (κ3) is 2.47. The first-order chi connectivity index (χ1) is 8.13. The highest BCUT2D eigenvalue weighted by Gasteiger charge is 2.09. The van der Waals surface area contributed by atoms with Gasteiger partial charge >= 0.3 is 0 Å². The second-order valence-corrected chi connectivity index (χ2v) is 4.87. The van der Waals surface area contributed by atoms with Crippen molar-refractivity contribution in [1.82, 2.24) is 14.8 Å². The lowest BCUT2D eigenvalue weighted by Crippen LogP contribution is -2.01. The number of halogens is 2. The Morgan fingerprint density at radius 2 is 2.29 bits per heavy atom. The molecule has 2 rings (SSSR count). The fourth-order valence-electron chi connectivity index (χ4n) is 1.61. The van der Waals surface area contributed by atoms with E-state index in [2.05, 4.69) is 33.1 Å². The lowest BCUT2D eigenvalue weighted by molar-refractivity contribution is 0.619. The first-order valence-corrected chi connectivity index (χ1v) is 6.45. The van der Waals surface area contributed by atoms with Crippen LogP contribution < -0.4 is 0 Å². The normalized spacial score (nSPS) is 10.8. The predicted octanol–water partition coefficient (Wildman–Crippen LogP) is 3.78. The van der Waals surface area contributed by atoms with E-state index in [1.54, 1.807) is 16.7 Å². The lowest BCUT2D eigenvalue weighted by Gasteiger charge is -2.06. The Kier molecular flexibility index (Phi) is 3.73. The summed E-state index contributed by atoms with van der Waals surface area (Å²) in [6, 6.07) is 4.90. The van der Waals surface area contributed by atoms with E-state index in [4.69, 9.17) is 12.2 Å². The summed E-state index contributed by atoms with van der Waals surface area (Å²) in [6.45, 7) is 2.06. The molecule has 1 aromatic heterocycles. The molecule has 0 unspecified atom stereocenters. The molecule has 3 nitrogen and oxygen atoms in total. The number of nitrogens with zero attached hydrogens (tertiary/aromatic N) is 2. The smallest absolute Gasteiger partial charge is 0.199 e. The summed E-state index contributed by atoms with van der Waals surface area (Å²) in [7, 11) is 0. The van der Waals surface area contributed by atoms with Crippen LogP contribution in [-0.4, -0.2) is 14.8 Å². The minimum atomic E-state index is -0.312. The third-order valence-corrected chi connectivity index (χ3v) is 3.29. The highest BCUT2D eigenvalue weighted by Crippen LogP contribution is 2.20. The standard InChI is InChI=1S/C11H11BrFN3S/c1-2-3-10-14-15-11(17)16(10)7-4-5-8(12)9(13)6-7/h4-6H,2-3H2,1H3,(H,15,17). The molecule has 0 saturated carbocycles. The van der Waals surface area contributed by atoms with Gasteiger partial charge in [-0.15, -0.1) is 0 Å². The van der Waals surface area contributed by atoms with Gasteiger partial charge in [-0.05, 0) is 52.8 Å². The van der Waals surface area contributed by atoms with E-state index >= 15 is 0 Å². The van der Waals surface area contributed by atoms with Gasteiger partial charge in [0, 0.05) is 6.42 Å².